The van der Waals surface area contributed by atoms with Gasteiger partial charge in [-0.05, 0) is 113 Å². The average Bonchev–Trinajstić information content (AvgIpc) is 3.59. The first-order valence-corrected chi connectivity index (χ1v) is 16.4. The summed E-state index contributed by atoms with van der Waals surface area (Å²) in [6.45, 7) is 0. The second kappa shape index (κ2) is 11.1. The van der Waals surface area contributed by atoms with Crippen LogP contribution in [0.3, 0.4) is 0 Å². The largest absolute Gasteiger partial charge is 0.456 e. The molecule has 228 valence electrons. The van der Waals surface area contributed by atoms with Crippen LogP contribution in [-0.2, 0) is 0 Å². The molecule has 0 aliphatic rings. The van der Waals surface area contributed by atoms with Gasteiger partial charge in [0.05, 0.1) is 8.22 Å². The third-order valence-corrected chi connectivity index (χ3v) is 9.49. The van der Waals surface area contributed by atoms with Gasteiger partial charge in [0.15, 0.2) is 0 Å². The van der Waals surface area contributed by atoms with Gasteiger partial charge in [-0.2, -0.15) is 0 Å². The minimum absolute atomic E-state index is 0.0153. The molecule has 10 rings (SSSR count). The van der Waals surface area contributed by atoms with Crippen LogP contribution in [0.4, 0.5) is 0 Å². The van der Waals surface area contributed by atoms with Crippen LogP contribution >= 0.6 is 0 Å². The second-order valence-corrected chi connectivity index (χ2v) is 12.3. The molecule has 1 heterocycles. The summed E-state index contributed by atoms with van der Waals surface area (Å²) in [5, 5.41) is 5.37. The lowest BCUT2D eigenvalue weighted by Gasteiger charge is -2.18. The van der Waals surface area contributed by atoms with Crippen molar-refractivity contribution in [2.75, 3.05) is 0 Å². The van der Waals surface area contributed by atoms with E-state index in [4.69, 9.17) is 4.42 Å². The van der Waals surface area contributed by atoms with E-state index in [2.05, 4.69) is 18.2 Å². The van der Waals surface area contributed by atoms with E-state index < -0.39 is 0 Å². The molecular formula is C48H30O. The molecule has 1 heteroatoms. The first kappa shape index (κ1) is 22.2. The molecule has 0 aliphatic carbocycles. The van der Waals surface area contributed by atoms with Gasteiger partial charge in [-0.25, -0.2) is 0 Å². The summed E-state index contributed by atoms with van der Waals surface area (Å²) in [6, 6.07) is 46.4. The van der Waals surface area contributed by atoms with Gasteiger partial charge in [-0.15, -0.1) is 0 Å². The lowest BCUT2D eigenvalue weighted by atomic mass is 9.85. The van der Waals surface area contributed by atoms with E-state index in [0.29, 0.717) is 22.3 Å². The van der Waals surface area contributed by atoms with Crippen LogP contribution in [0, 0.1) is 0 Å². The highest BCUT2D eigenvalue weighted by molar-refractivity contribution is 6.21. The maximum Gasteiger partial charge on any atom is 0.136 e. The Kier molecular flexibility index (Phi) is 5.02. The maximum absolute atomic E-state index is 9.64. The normalized spacial score (nSPS) is 13.4. The third-order valence-electron chi connectivity index (χ3n) is 9.49. The van der Waals surface area contributed by atoms with Gasteiger partial charge < -0.3 is 4.42 Å². The van der Waals surface area contributed by atoms with Gasteiger partial charge >= 0.3 is 0 Å². The minimum atomic E-state index is -0.257. The Morgan fingerprint density at radius 2 is 0.755 bits per heavy atom. The van der Waals surface area contributed by atoms with Crippen molar-refractivity contribution in [3.63, 3.8) is 0 Å². The summed E-state index contributed by atoms with van der Waals surface area (Å²) >= 11 is 0. The molecule has 0 spiro atoms. The molecule has 1 nitrogen and oxygen atoms in total. The van der Waals surface area contributed by atoms with E-state index in [-0.39, 0.29) is 58.2 Å². The Morgan fingerprint density at radius 3 is 1.31 bits per heavy atom. The van der Waals surface area contributed by atoms with E-state index in [9.17, 15) is 8.22 Å². The average molecular weight is 629 g/mol. The molecule has 1 aromatic heterocycles. The molecular weight excluding hydrogens is 593 g/mol. The maximum atomic E-state index is 9.64. The molecule has 0 atom stereocenters. The molecule has 0 fully saturated rings. The van der Waals surface area contributed by atoms with Crippen molar-refractivity contribution < 1.29 is 12.6 Å². The highest BCUT2D eigenvalue weighted by Gasteiger charge is 2.17. The number of hydrogen-bond donors (Lipinski definition) is 0. The van der Waals surface area contributed by atoms with E-state index in [1.54, 1.807) is 6.07 Å². The quantitative estimate of drug-likeness (QED) is 0.177. The van der Waals surface area contributed by atoms with Crippen LogP contribution < -0.4 is 0 Å². The van der Waals surface area contributed by atoms with Gasteiger partial charge in [0, 0.05) is 10.8 Å². The minimum Gasteiger partial charge on any atom is -0.456 e. The summed E-state index contributed by atoms with van der Waals surface area (Å²) in [5.74, 6) is 0. The van der Waals surface area contributed by atoms with Crippen molar-refractivity contribution in [3.8, 4) is 44.5 Å². The second-order valence-electron chi connectivity index (χ2n) is 12.3. The van der Waals surface area contributed by atoms with E-state index in [1.165, 1.54) is 0 Å². The lowest BCUT2D eigenvalue weighted by molar-refractivity contribution is 0.669. The predicted molar refractivity (Wildman–Crippen MR) is 208 cm³/mol. The van der Waals surface area contributed by atoms with Crippen molar-refractivity contribution in [2.45, 2.75) is 0 Å². The fourth-order valence-corrected chi connectivity index (χ4v) is 7.20. The zero-order valence-corrected chi connectivity index (χ0v) is 26.3. The van der Waals surface area contributed by atoms with Crippen molar-refractivity contribution in [1.29, 1.82) is 0 Å². The Morgan fingerprint density at radius 1 is 0.327 bits per heavy atom. The number of furan rings is 1. The topological polar surface area (TPSA) is 13.1 Å². The van der Waals surface area contributed by atoms with Crippen LogP contribution in [0.25, 0.3) is 98.8 Å². The Hall–Kier alpha value is -6.44. The molecule has 0 N–H and O–H groups in total. The molecule has 0 bridgehead atoms. The SMILES string of the molecule is [2H]c1c(-c2c3ccccc3c(-c3ccccc3)c3ccccc23)c([2H])c2c([2H])c([2H])c(-c3ccc4c(c3)oc3cc(-c5ccccc5)ccc34)c([2H])c2c1[2H]. The van der Waals surface area contributed by atoms with Crippen molar-refractivity contribution >= 4 is 54.3 Å². The number of fused-ring (bicyclic) bond motifs is 6. The van der Waals surface area contributed by atoms with Crippen LogP contribution in [0.5, 0.6) is 0 Å². The summed E-state index contributed by atoms with van der Waals surface area (Å²) in [4.78, 5) is 0. The van der Waals surface area contributed by atoms with Gasteiger partial charge in [-0.3, -0.25) is 0 Å². The number of hydrogen-bond acceptors (Lipinski definition) is 1. The lowest BCUT2D eigenvalue weighted by Crippen LogP contribution is -1.90. The Balaban J connectivity index is 1.20. The fraction of sp³-hybridized carbons (Fsp3) is 0. The fourth-order valence-electron chi connectivity index (χ4n) is 7.20. The Labute approximate surface area is 292 Å². The molecule has 0 amide bonds. The van der Waals surface area contributed by atoms with Crippen molar-refractivity contribution in [2.24, 2.45) is 0 Å². The molecule has 49 heavy (non-hydrogen) atoms. The van der Waals surface area contributed by atoms with Crippen molar-refractivity contribution in [1.82, 2.24) is 0 Å². The predicted octanol–water partition coefficient (Wildman–Crippen LogP) is 13.7. The van der Waals surface area contributed by atoms with Gasteiger partial charge in [0.2, 0.25) is 0 Å². The van der Waals surface area contributed by atoms with E-state index >= 15 is 0 Å². The van der Waals surface area contributed by atoms with Crippen LogP contribution in [0.15, 0.2) is 186 Å². The highest BCUT2D eigenvalue weighted by atomic mass is 16.3. The molecule has 0 aliphatic heterocycles. The smallest absolute Gasteiger partial charge is 0.136 e. The summed E-state index contributed by atoms with van der Waals surface area (Å²) in [6.07, 6.45) is 0. The summed E-state index contributed by atoms with van der Waals surface area (Å²) in [7, 11) is 0. The molecule has 0 radical (unpaired) electrons. The standard InChI is InChI=1S/C48H30O/c1-3-11-31(12-4-1)36-23-25-39-40-26-24-37(30-46(40)49-45(39)29-36)34-19-20-35-28-38(22-21-33(35)27-34)48-43-17-9-7-15-41(43)47(32-13-5-2-6-14-32)42-16-8-10-18-44(42)48/h1-30H/i19D,20D,21D,22D,27D,28D. The number of benzene rings is 9. The van der Waals surface area contributed by atoms with Crippen LogP contribution in [0.2, 0.25) is 0 Å². The zero-order chi connectivity index (χ0) is 37.5. The van der Waals surface area contributed by atoms with Gasteiger partial charge in [0.1, 0.15) is 11.2 Å². The summed E-state index contributed by atoms with van der Waals surface area (Å²) in [5.41, 5.74) is 6.95. The van der Waals surface area contributed by atoms with Crippen molar-refractivity contribution in [3.05, 3.63) is 182 Å². The number of rotatable bonds is 4. The van der Waals surface area contributed by atoms with Gasteiger partial charge in [-0.1, -0.05) is 145 Å². The van der Waals surface area contributed by atoms with Gasteiger partial charge in [0.25, 0.3) is 0 Å². The molecule has 0 saturated carbocycles. The van der Waals surface area contributed by atoms with E-state index in [1.807, 2.05) is 121 Å². The van der Waals surface area contributed by atoms with Crippen LogP contribution in [0.1, 0.15) is 8.22 Å². The summed E-state index contributed by atoms with van der Waals surface area (Å²) < 4.78 is 62.8. The van der Waals surface area contributed by atoms with Crippen LogP contribution in [-0.4, -0.2) is 0 Å². The molecule has 10 aromatic rings. The molecule has 0 saturated heterocycles. The monoisotopic (exact) mass is 628 g/mol. The first-order chi connectivity index (χ1) is 26.8. The molecule has 0 unspecified atom stereocenters. The first-order valence-electron chi connectivity index (χ1n) is 19.4. The van der Waals surface area contributed by atoms with E-state index in [0.717, 1.165) is 54.6 Å². The Bertz CT molecular complexity index is 3150. The molecule has 9 aromatic carbocycles. The zero-order valence-electron chi connectivity index (χ0n) is 32.3. The third kappa shape index (κ3) is 4.55. The highest BCUT2D eigenvalue weighted by Crippen LogP contribution is 2.44.